The lowest BCUT2D eigenvalue weighted by molar-refractivity contribution is -0.00572. The average molecular weight is 596 g/mol. The molecule has 2 aliphatic rings. The summed E-state index contributed by atoms with van der Waals surface area (Å²) in [5, 5.41) is 4.27. The number of hydrogen-bond acceptors (Lipinski definition) is 8. The molecule has 1 spiro atoms. The van der Waals surface area contributed by atoms with Gasteiger partial charge in [0.05, 0.1) is 48.7 Å². The number of aromatic nitrogens is 3. The number of pyridine rings is 1. The van der Waals surface area contributed by atoms with Gasteiger partial charge in [0.1, 0.15) is 22.8 Å². The molecule has 2 N–H and O–H groups in total. The van der Waals surface area contributed by atoms with E-state index in [1.165, 1.54) is 6.20 Å². The van der Waals surface area contributed by atoms with Crippen molar-refractivity contribution >= 4 is 17.6 Å². The van der Waals surface area contributed by atoms with Gasteiger partial charge in [-0.05, 0) is 49.4 Å². The zero-order valence-electron chi connectivity index (χ0n) is 24.8. The van der Waals surface area contributed by atoms with Gasteiger partial charge in [0, 0.05) is 62.1 Å². The highest BCUT2D eigenvalue weighted by molar-refractivity contribution is 6.02. The second-order valence-electron chi connectivity index (χ2n) is 11.1. The number of aryl methyl sites for hydroxylation is 1. The summed E-state index contributed by atoms with van der Waals surface area (Å²) in [5.74, 6) is 0.892. The fraction of sp³-hybridized carbons (Fsp3) is 0.303. The predicted molar refractivity (Wildman–Crippen MR) is 162 cm³/mol. The zero-order valence-corrected chi connectivity index (χ0v) is 24.8. The molecule has 1 fully saturated rings. The van der Waals surface area contributed by atoms with E-state index >= 15 is 0 Å². The number of piperidine rings is 1. The first-order valence-electron chi connectivity index (χ1n) is 14.5. The monoisotopic (exact) mass is 595 g/mol. The largest absolute Gasteiger partial charge is 0.496 e. The number of fused-ring (bicyclic) bond motifs is 1. The normalized spacial score (nSPS) is 15.4. The lowest BCUT2D eigenvalue weighted by atomic mass is 9.82. The summed E-state index contributed by atoms with van der Waals surface area (Å²) in [5.41, 5.74) is 8.84. The van der Waals surface area contributed by atoms with Gasteiger partial charge in [0.15, 0.2) is 5.78 Å². The fourth-order valence-electron chi connectivity index (χ4n) is 5.92. The number of rotatable bonds is 7. The van der Waals surface area contributed by atoms with E-state index in [0.717, 1.165) is 16.7 Å². The van der Waals surface area contributed by atoms with E-state index < -0.39 is 11.5 Å². The van der Waals surface area contributed by atoms with Crippen LogP contribution in [-0.4, -0.2) is 69.7 Å². The highest BCUT2D eigenvalue weighted by Gasteiger charge is 2.44. The molecule has 11 heteroatoms. The Labute approximate surface area is 254 Å². The van der Waals surface area contributed by atoms with Gasteiger partial charge < -0.3 is 24.8 Å². The first-order chi connectivity index (χ1) is 21.2. The van der Waals surface area contributed by atoms with Crippen molar-refractivity contribution in [3.63, 3.8) is 0 Å². The molecule has 2 aromatic carbocycles. The van der Waals surface area contributed by atoms with Crippen molar-refractivity contribution in [2.24, 2.45) is 12.8 Å². The van der Waals surface area contributed by atoms with Crippen molar-refractivity contribution in [3.05, 3.63) is 77.7 Å². The smallest absolute Gasteiger partial charge is 0.254 e. The van der Waals surface area contributed by atoms with E-state index in [-0.39, 0.29) is 18.1 Å². The molecule has 0 bridgehead atoms. The molecule has 2 aromatic heterocycles. The summed E-state index contributed by atoms with van der Waals surface area (Å²) in [6, 6.07) is 12.2. The van der Waals surface area contributed by atoms with Crippen LogP contribution in [0.3, 0.4) is 0 Å². The molecule has 1 saturated heterocycles. The molecule has 2 aliphatic heterocycles. The second kappa shape index (κ2) is 11.5. The molecule has 0 aliphatic carbocycles. The van der Waals surface area contributed by atoms with Crippen LogP contribution in [0.15, 0.2) is 61.1 Å². The van der Waals surface area contributed by atoms with Crippen molar-refractivity contribution in [1.29, 1.82) is 0 Å². The van der Waals surface area contributed by atoms with Crippen LogP contribution in [0.1, 0.15) is 57.3 Å². The molecular formula is C33H33N5O6. The van der Waals surface area contributed by atoms with Gasteiger partial charge in [-0.1, -0.05) is 0 Å². The van der Waals surface area contributed by atoms with E-state index in [9.17, 15) is 14.4 Å². The van der Waals surface area contributed by atoms with Crippen molar-refractivity contribution in [2.75, 3.05) is 26.8 Å². The number of amides is 2. The summed E-state index contributed by atoms with van der Waals surface area (Å²) in [6.07, 6.45) is 6.28. The number of benzene rings is 2. The SMILES string of the molecule is CCOc1cc(C(=O)N2CCC3(CC2)CC(=O)c2cc(-c4ccc(C(N)=O)cn4)ccc2O3)cc(OC)c1-c1cnn(C)c1. The maximum atomic E-state index is 13.7. The molecule has 11 nitrogen and oxygen atoms in total. The fourth-order valence-corrected chi connectivity index (χ4v) is 5.92. The lowest BCUT2D eigenvalue weighted by Gasteiger charge is -2.44. The standard InChI is InChI=1S/C33H33N5O6/c1-4-43-29-15-22(14-28(42-3)30(29)23-18-36-37(2)19-23)32(41)38-11-9-33(10-12-38)16-26(39)24-13-20(6-8-27(24)44-33)25-7-5-21(17-35-25)31(34)40/h5-8,13-15,17-19H,4,9-12,16H2,1-3H3,(H2,34,40). The number of Topliss-reactive ketones (excluding diaryl/α,β-unsaturated/α-hetero) is 1. The molecule has 44 heavy (non-hydrogen) atoms. The van der Waals surface area contributed by atoms with Crippen LogP contribution in [0.2, 0.25) is 0 Å². The molecule has 4 aromatic rings. The maximum Gasteiger partial charge on any atom is 0.254 e. The summed E-state index contributed by atoms with van der Waals surface area (Å²) < 4.78 is 19.8. The van der Waals surface area contributed by atoms with Crippen molar-refractivity contribution in [2.45, 2.75) is 31.8 Å². The lowest BCUT2D eigenvalue weighted by Crippen LogP contribution is -2.52. The van der Waals surface area contributed by atoms with E-state index in [0.29, 0.717) is 72.2 Å². The van der Waals surface area contributed by atoms with Crippen LogP contribution in [0, 0.1) is 0 Å². The number of ketones is 1. The van der Waals surface area contributed by atoms with Gasteiger partial charge >= 0.3 is 0 Å². The molecule has 226 valence electrons. The summed E-state index contributed by atoms with van der Waals surface area (Å²) >= 11 is 0. The quantitative estimate of drug-likeness (QED) is 0.334. The number of likely N-dealkylation sites (tertiary alicyclic amines) is 1. The number of methoxy groups -OCH3 is 1. The van der Waals surface area contributed by atoms with Crippen LogP contribution in [0.5, 0.6) is 17.2 Å². The number of primary amides is 1. The predicted octanol–water partition coefficient (Wildman–Crippen LogP) is 4.30. The summed E-state index contributed by atoms with van der Waals surface area (Å²) in [7, 11) is 3.40. The number of nitrogens with zero attached hydrogens (tertiary/aromatic N) is 4. The second-order valence-corrected chi connectivity index (χ2v) is 11.1. The molecular weight excluding hydrogens is 562 g/mol. The third kappa shape index (κ3) is 5.36. The average Bonchev–Trinajstić information content (AvgIpc) is 3.46. The minimum atomic E-state index is -0.678. The van der Waals surface area contributed by atoms with Gasteiger partial charge in [-0.2, -0.15) is 5.10 Å². The molecule has 0 saturated carbocycles. The summed E-state index contributed by atoms with van der Waals surface area (Å²) in [4.78, 5) is 44.5. The Morgan fingerprint density at radius 3 is 2.43 bits per heavy atom. The molecule has 2 amide bonds. The Balaban J connectivity index is 1.18. The molecule has 6 rings (SSSR count). The minimum Gasteiger partial charge on any atom is -0.496 e. The third-order valence-electron chi connectivity index (χ3n) is 8.22. The summed E-state index contributed by atoms with van der Waals surface area (Å²) in [6.45, 7) is 3.19. The van der Waals surface area contributed by atoms with Crippen molar-refractivity contribution in [1.82, 2.24) is 19.7 Å². The van der Waals surface area contributed by atoms with Gasteiger partial charge in [-0.15, -0.1) is 0 Å². The van der Waals surface area contributed by atoms with Crippen LogP contribution in [-0.2, 0) is 7.05 Å². The van der Waals surface area contributed by atoms with Gasteiger partial charge in [0.25, 0.3) is 5.91 Å². The molecule has 0 unspecified atom stereocenters. The Kier molecular flexibility index (Phi) is 7.54. The van der Waals surface area contributed by atoms with E-state index in [1.54, 1.807) is 59.3 Å². The van der Waals surface area contributed by atoms with E-state index in [2.05, 4.69) is 10.1 Å². The molecule has 0 radical (unpaired) electrons. The van der Waals surface area contributed by atoms with E-state index in [1.807, 2.05) is 26.2 Å². The number of hydrogen-bond donors (Lipinski definition) is 1. The first kappa shape index (κ1) is 28.9. The van der Waals surface area contributed by atoms with E-state index in [4.69, 9.17) is 19.9 Å². The number of nitrogens with two attached hydrogens (primary N) is 1. The van der Waals surface area contributed by atoms with Crippen LogP contribution in [0.25, 0.3) is 22.4 Å². The van der Waals surface area contributed by atoms with Gasteiger partial charge in [-0.25, -0.2) is 0 Å². The molecule has 0 atom stereocenters. The van der Waals surface area contributed by atoms with Crippen LogP contribution in [0.4, 0.5) is 0 Å². The van der Waals surface area contributed by atoms with Crippen molar-refractivity contribution < 1.29 is 28.6 Å². The Bertz CT molecular complexity index is 1750. The number of carbonyl (C=O) groups is 3. The van der Waals surface area contributed by atoms with Crippen LogP contribution >= 0.6 is 0 Å². The number of ether oxygens (including phenoxy) is 3. The minimum absolute atomic E-state index is 0.0151. The Morgan fingerprint density at radius 1 is 1.02 bits per heavy atom. The molecule has 4 heterocycles. The third-order valence-corrected chi connectivity index (χ3v) is 8.22. The number of carbonyl (C=O) groups excluding carboxylic acids is 3. The van der Waals surface area contributed by atoms with Gasteiger partial charge in [-0.3, -0.25) is 24.0 Å². The topological polar surface area (TPSA) is 139 Å². The Hall–Kier alpha value is -5.19. The van der Waals surface area contributed by atoms with Gasteiger partial charge in [0.2, 0.25) is 5.91 Å². The van der Waals surface area contributed by atoms with Crippen molar-refractivity contribution in [3.8, 4) is 39.6 Å². The Morgan fingerprint density at radius 2 is 1.80 bits per heavy atom. The highest BCUT2D eigenvalue weighted by atomic mass is 16.5. The first-order valence-corrected chi connectivity index (χ1v) is 14.5. The maximum absolute atomic E-state index is 13.7. The van der Waals surface area contributed by atoms with Crippen LogP contribution < -0.4 is 19.9 Å². The zero-order chi connectivity index (χ0) is 31.0. The highest BCUT2D eigenvalue weighted by Crippen LogP contribution is 2.42.